The summed E-state index contributed by atoms with van der Waals surface area (Å²) in [5.41, 5.74) is 12.6. The van der Waals surface area contributed by atoms with Gasteiger partial charge < -0.3 is 51.6 Å². The summed E-state index contributed by atoms with van der Waals surface area (Å²) in [6.07, 6.45) is 3.88. The third kappa shape index (κ3) is 25.0. The number of rotatable bonds is 32. The number of aromatic nitrogens is 16. The van der Waals surface area contributed by atoms with Crippen molar-refractivity contribution in [1.29, 1.82) is 5.26 Å². The van der Waals surface area contributed by atoms with Crippen LogP contribution in [0.2, 0.25) is 36.3 Å². The van der Waals surface area contributed by atoms with Crippen molar-refractivity contribution in [3.63, 3.8) is 0 Å². The van der Waals surface area contributed by atoms with Crippen molar-refractivity contribution in [2.75, 3.05) is 92.2 Å². The Morgan fingerprint density at radius 2 is 0.826 bits per heavy atom. The molecule has 0 bridgehead atoms. The van der Waals surface area contributed by atoms with Crippen molar-refractivity contribution in [3.8, 4) is 6.07 Å². The maximum atomic E-state index is 14.0. The van der Waals surface area contributed by atoms with E-state index >= 15 is 0 Å². The van der Waals surface area contributed by atoms with Crippen molar-refractivity contribution >= 4 is 182 Å². The molecule has 3 unspecified atom stereocenters. The Balaban J connectivity index is 0.000000227. The minimum atomic E-state index is -2.88. The molecule has 13 heterocycles. The number of nitrogens with two attached hydrogens (primary N) is 1. The number of fused-ring (bicyclic) bond motifs is 6. The average molecular weight is 2210 g/mol. The van der Waals surface area contributed by atoms with Gasteiger partial charge in [-0.1, -0.05) is 195 Å². The van der Waals surface area contributed by atoms with Gasteiger partial charge in [-0.3, -0.25) is 72.3 Å². The maximum Gasteiger partial charge on any atom is 0.259 e. The lowest BCUT2D eigenvalue weighted by Gasteiger charge is -2.41. The number of nitriles is 1. The van der Waals surface area contributed by atoms with Crippen LogP contribution in [0.1, 0.15) is 136 Å². The fourth-order valence-corrected chi connectivity index (χ4v) is 26.8. The molecule has 0 radical (unpaired) electrons. The van der Waals surface area contributed by atoms with Gasteiger partial charge in [0.25, 0.3) is 23.6 Å². The lowest BCUT2D eigenvalue weighted by Crippen LogP contribution is -2.52. The van der Waals surface area contributed by atoms with Crippen LogP contribution in [0.4, 0.5) is 23.3 Å². The molecule has 149 heavy (non-hydrogen) atoms. The topological polar surface area (TPSA) is 434 Å². The van der Waals surface area contributed by atoms with Crippen LogP contribution in [0.25, 0.3) is 44.7 Å². The second kappa shape index (κ2) is 48.4. The van der Waals surface area contributed by atoms with E-state index in [-0.39, 0.29) is 118 Å². The number of hydrogen-bond acceptors (Lipinski definition) is 32. The van der Waals surface area contributed by atoms with Crippen molar-refractivity contribution < 1.29 is 65.1 Å². The number of amides is 4. The first-order chi connectivity index (χ1) is 70.5. The van der Waals surface area contributed by atoms with Crippen LogP contribution in [0.3, 0.4) is 0 Å². The predicted octanol–water partition coefficient (Wildman–Crippen LogP) is 16.9. The van der Waals surface area contributed by atoms with Gasteiger partial charge in [0.05, 0.1) is 76.0 Å². The van der Waals surface area contributed by atoms with Gasteiger partial charge in [0, 0.05) is 99.3 Å². The zero-order valence-corrected chi connectivity index (χ0v) is 94.1. The van der Waals surface area contributed by atoms with E-state index < -0.39 is 110 Å². The summed E-state index contributed by atoms with van der Waals surface area (Å²) >= 11 is 24.1. The Morgan fingerprint density at radius 3 is 1.17 bits per heavy atom. The summed E-state index contributed by atoms with van der Waals surface area (Å²) in [6.45, 7) is 49.7. The van der Waals surface area contributed by atoms with Crippen LogP contribution in [0.5, 0.6) is 0 Å². The summed E-state index contributed by atoms with van der Waals surface area (Å²) in [7, 11) is -4.71. The molecule has 19 atom stereocenters. The first kappa shape index (κ1) is 114. The quantitative estimate of drug-likeness (QED) is 0.0173. The molecule has 5 aliphatic rings. The average Bonchev–Trinajstić information content (AvgIpc) is 1.57. The summed E-state index contributed by atoms with van der Waals surface area (Å²) in [6, 6.07) is 35.8. The lowest BCUT2D eigenvalue weighted by atomic mass is 10.00. The van der Waals surface area contributed by atoms with E-state index in [9.17, 15) is 19.2 Å². The zero-order chi connectivity index (χ0) is 106. The molecule has 12 aromatic rings. The van der Waals surface area contributed by atoms with Gasteiger partial charge in [-0.15, -0.1) is 26.3 Å². The standard InChI is InChI=1S/C49H62N12O7P2S2Si.C48H60N12O7P2S2Si.C2H3N.CH4/c1-11-23-58(45(62)32-19-15-13-16-20-32)41-38-43(52-27-50-41)60(29-54-38)47-31(3)36-34(66-47)25-64-70(8,72)57-37-35(26-65-69(7,71)56-36)67-48(40(37)68-73(9,10)49(4,5)6)61-30-55-39-42(51-28-53-44(39)61)59(24-12-2)46(63)33-21-17-14-18-22-33;1-10-22-57(44(61)31-18-14-12-15-19-31)40-37-42(52-26-50-40)59(28-54-37)46-30(3)36(34(66-46)24-63-68-70)56-69(7,71)64-25-33-35(49)39(67-72(8,9)48(4,5)6)47(65-33)60-29-55-38-41(51-27-53-43(38)60)58(23-11-2)45(62)32-20-16-13-17-21-32;1-2-3;/h11-22,27-31,34-37,40,47-48H,1-2,23-26H2,3-10H3,(H,56,71)(H,57,72);10-21,26-30,33-36,39,46-47H,1-2,22-25,49H2,3-9H3,(H,56,71);1H3;1H4/t31-,34-,35-,36+,37-,40-,47-,48-,69?,70?;30-,33-,34-,35-,36+,39-,46-,47-,69?;;/m11../s1. The molecule has 5 saturated heterocycles. The van der Waals surface area contributed by atoms with E-state index in [1.165, 1.54) is 51.8 Å². The first-order valence-corrected chi connectivity index (χ1v) is 65.3. The smallest absolute Gasteiger partial charge is 0.259 e. The Bertz CT molecular complexity index is 7040. The lowest BCUT2D eigenvalue weighted by molar-refractivity contribution is -0.0426. The molecule has 0 aliphatic carbocycles. The third-order valence-electron chi connectivity index (χ3n) is 27.4. The molecular formula is C100H129N25O14P4S4Si2. The van der Waals surface area contributed by atoms with E-state index in [0.717, 1.165) is 0 Å². The maximum absolute atomic E-state index is 14.0. The molecule has 4 aromatic carbocycles. The number of carbonyl (C=O) groups excluding carboxylic acids is 4. The number of hydrogen-bond donors (Lipinski definition) is 4. The molecule has 8 aromatic heterocycles. The summed E-state index contributed by atoms with van der Waals surface area (Å²) in [5, 5.41) is 18.1. The monoisotopic (exact) mass is 2210 g/mol. The number of anilines is 4. The van der Waals surface area contributed by atoms with Crippen LogP contribution in [0.15, 0.2) is 223 Å². The van der Waals surface area contributed by atoms with Crippen LogP contribution in [0, 0.1) is 23.2 Å². The number of imidazole rings is 4. The highest BCUT2D eigenvalue weighted by molar-refractivity contribution is 8.11. The Hall–Kier alpha value is -10.2. The molecule has 5 fully saturated rings. The largest absolute Gasteiger partial charge is 0.408 e. The molecule has 39 nitrogen and oxygen atoms in total. The number of nitrogens with one attached hydrogen (secondary N) is 3. The molecular weight excluding hydrogens is 2080 g/mol. The Morgan fingerprint density at radius 1 is 0.517 bits per heavy atom. The van der Waals surface area contributed by atoms with Gasteiger partial charge in [-0.05, 0) is 96.6 Å². The predicted molar refractivity (Wildman–Crippen MR) is 598 cm³/mol. The minimum Gasteiger partial charge on any atom is -0.408 e. The van der Waals surface area contributed by atoms with E-state index in [1.54, 1.807) is 109 Å². The Kier molecular flexibility index (Phi) is 37.1. The van der Waals surface area contributed by atoms with E-state index in [2.05, 4.69) is 151 Å². The van der Waals surface area contributed by atoms with Crippen LogP contribution in [-0.2, 0) is 93.1 Å². The van der Waals surface area contributed by atoms with Gasteiger partial charge >= 0.3 is 0 Å². The van der Waals surface area contributed by atoms with Crippen molar-refractivity contribution in [3.05, 3.63) is 245 Å². The van der Waals surface area contributed by atoms with Gasteiger partial charge in [-0.25, -0.2) is 59.8 Å². The number of ether oxygens (including phenoxy) is 4. The molecule has 49 heteroatoms. The summed E-state index contributed by atoms with van der Waals surface area (Å²) in [5.74, 6) is -0.139. The van der Waals surface area contributed by atoms with Gasteiger partial charge in [0.2, 0.25) is 0 Å². The fraction of sp³-hybridized carbons (Fsp3) is 0.430. The summed E-state index contributed by atoms with van der Waals surface area (Å²) in [4.78, 5) is 117. The van der Waals surface area contributed by atoms with Crippen LogP contribution >= 0.6 is 26.8 Å². The van der Waals surface area contributed by atoms with Crippen molar-refractivity contribution in [1.82, 2.24) is 93.3 Å². The fourth-order valence-electron chi connectivity index (χ4n) is 17.9. The molecule has 5 aliphatic heterocycles. The van der Waals surface area contributed by atoms with Crippen molar-refractivity contribution in [2.45, 2.75) is 192 Å². The number of benzene rings is 4. The highest BCUT2D eigenvalue weighted by Gasteiger charge is 2.56. The summed E-state index contributed by atoms with van der Waals surface area (Å²) < 4.78 is 75.5. The van der Waals surface area contributed by atoms with Crippen LogP contribution < -0.4 is 40.6 Å². The van der Waals surface area contributed by atoms with E-state index in [4.69, 9.17) is 129 Å². The molecule has 5 N–H and O–H groups in total. The molecule has 4 amide bonds. The SMILES string of the molecule is C.C=CCN(C(=O)c1ccccc1)c1ncnc2c1ncn2[C@@H]1O[C@@H]2COP(C)(=S)N[C@H]3[C@@H](O[Si](C)(C)C(C)(C)C)[C@H](n4cnc5c(N(CC=C)C(=O)c6ccccc6)ncnc54)O[C@@H]3COP(C)(=S)N[C@H]2[C@H]1C.C=CCN(C(=O)c1ccccc1)c1ncnc2c1ncn2[C@@H]1O[C@H](COP=S)[C@@H](NP(C)(=S)OC[C@H]2O[C@@H](n3cnc4c(N(CC=C)C(=O)c5ccccc5)ncnc43)[C@H](O[Si](C)(C)C(C)(C)C)[C@@H]2N)[C@H]1C.CC#N. The second-order valence-corrected chi connectivity index (χ2v) is 62.9. The highest BCUT2D eigenvalue weighted by Crippen LogP contribution is 2.54. The van der Waals surface area contributed by atoms with Crippen LogP contribution in [-0.4, -0.2) is 252 Å². The van der Waals surface area contributed by atoms with E-state index in [0.29, 0.717) is 97.8 Å². The third-order valence-corrected chi connectivity index (χ3v) is 43.0. The zero-order valence-electron chi connectivity index (χ0n) is 85.3. The second-order valence-electron chi connectivity index (χ2n) is 39.6. The normalized spacial score (nSPS) is 25.0. The van der Waals surface area contributed by atoms with Gasteiger partial charge in [-0.2, -0.15) is 5.26 Å². The molecule has 790 valence electrons. The highest BCUT2D eigenvalue weighted by atomic mass is 32.5. The molecule has 17 rings (SSSR count). The number of carbonyl (C=O) groups is 4. The molecule has 0 spiro atoms. The van der Waals surface area contributed by atoms with E-state index in [1.807, 2.05) is 113 Å². The number of nitrogens with zero attached hydrogens (tertiary/aromatic N) is 21. The molecule has 0 saturated carbocycles. The first-order valence-electron chi connectivity index (χ1n) is 48.1. The van der Waals surface area contributed by atoms with Gasteiger partial charge in [0.15, 0.2) is 97.0 Å². The van der Waals surface area contributed by atoms with Gasteiger partial charge in [0.1, 0.15) is 95.1 Å². The minimum absolute atomic E-state index is 0. The van der Waals surface area contributed by atoms with Crippen molar-refractivity contribution in [2.24, 2.45) is 17.6 Å². The Labute approximate surface area is 892 Å².